The first-order chi connectivity index (χ1) is 19.4. The van der Waals surface area contributed by atoms with Crippen molar-refractivity contribution in [3.8, 4) is 5.75 Å². The van der Waals surface area contributed by atoms with Gasteiger partial charge >= 0.3 is 0 Å². The number of benzene rings is 4. The first-order valence-electron chi connectivity index (χ1n) is 12.4. The summed E-state index contributed by atoms with van der Waals surface area (Å²) in [5, 5.41) is 11.6. The predicted octanol–water partition coefficient (Wildman–Crippen LogP) is 5.64. The maximum atomic E-state index is 14.8. The van der Waals surface area contributed by atoms with Crippen molar-refractivity contribution >= 4 is 40.1 Å². The molecule has 1 unspecified atom stereocenters. The second-order valence-corrected chi connectivity index (χ2v) is 9.46. The molecule has 5 aromatic rings. The van der Waals surface area contributed by atoms with E-state index in [9.17, 15) is 14.0 Å². The summed E-state index contributed by atoms with van der Waals surface area (Å²) in [6, 6.07) is 25.7. The molecule has 1 heterocycles. The Morgan fingerprint density at radius 3 is 2.40 bits per heavy atom. The quantitative estimate of drug-likeness (QED) is 0.253. The lowest BCUT2D eigenvalue weighted by molar-refractivity contribution is -0.140. The molecule has 5 rings (SSSR count). The summed E-state index contributed by atoms with van der Waals surface area (Å²) in [5.41, 5.74) is 2.55. The van der Waals surface area contributed by atoms with Gasteiger partial charge in [-0.05, 0) is 60.2 Å². The lowest BCUT2D eigenvalue weighted by Gasteiger charge is -2.32. The number of anilines is 1. The van der Waals surface area contributed by atoms with E-state index < -0.39 is 23.7 Å². The van der Waals surface area contributed by atoms with E-state index in [1.54, 1.807) is 86.0 Å². The number of nitrogens with zero attached hydrogens (tertiary/aromatic N) is 4. The fraction of sp³-hybridized carbons (Fsp3) is 0.133. The van der Waals surface area contributed by atoms with Crippen LogP contribution in [0.5, 0.6) is 5.75 Å². The zero-order valence-corrected chi connectivity index (χ0v) is 22.3. The van der Waals surface area contributed by atoms with E-state index in [0.717, 1.165) is 0 Å². The number of nitrogens with one attached hydrogen (secondary N) is 1. The monoisotopic (exact) mass is 557 g/mol. The smallest absolute Gasteiger partial charge is 0.251 e. The molecule has 1 atom stereocenters. The van der Waals surface area contributed by atoms with Gasteiger partial charge in [0.15, 0.2) is 0 Å². The van der Waals surface area contributed by atoms with Crippen molar-refractivity contribution in [3.63, 3.8) is 0 Å². The minimum atomic E-state index is -1.12. The highest BCUT2D eigenvalue weighted by atomic mass is 35.5. The number of hydrogen-bond donors (Lipinski definition) is 1. The molecule has 0 aliphatic rings. The molecule has 0 saturated heterocycles. The maximum absolute atomic E-state index is 14.8. The number of amides is 2. The van der Waals surface area contributed by atoms with Crippen molar-refractivity contribution < 1.29 is 18.7 Å². The average molecular weight is 558 g/mol. The molecular weight excluding hydrogens is 533 g/mol. The third kappa shape index (κ3) is 5.94. The van der Waals surface area contributed by atoms with Gasteiger partial charge in [0.05, 0.1) is 12.6 Å². The molecule has 0 spiro atoms. The van der Waals surface area contributed by atoms with E-state index in [4.69, 9.17) is 16.3 Å². The highest BCUT2D eigenvalue weighted by molar-refractivity contribution is 6.30. The molecule has 0 radical (unpaired) electrons. The van der Waals surface area contributed by atoms with Crippen LogP contribution in [0.25, 0.3) is 11.0 Å². The average Bonchev–Trinajstić information content (AvgIpc) is 3.37. The molecule has 1 aromatic heterocycles. The predicted molar refractivity (Wildman–Crippen MR) is 150 cm³/mol. The summed E-state index contributed by atoms with van der Waals surface area (Å²) in [4.78, 5) is 29.2. The van der Waals surface area contributed by atoms with Crippen LogP contribution in [0.15, 0.2) is 97.1 Å². The van der Waals surface area contributed by atoms with Crippen LogP contribution in [0.3, 0.4) is 0 Å². The van der Waals surface area contributed by atoms with Gasteiger partial charge in [0.25, 0.3) is 5.91 Å². The molecule has 4 aromatic carbocycles. The van der Waals surface area contributed by atoms with Gasteiger partial charge in [-0.15, -0.1) is 5.10 Å². The second kappa shape index (κ2) is 12.0. The summed E-state index contributed by atoms with van der Waals surface area (Å²) in [7, 11) is 1.55. The van der Waals surface area contributed by atoms with Gasteiger partial charge in [-0.3, -0.25) is 9.59 Å². The molecule has 10 heteroatoms. The van der Waals surface area contributed by atoms with Crippen LogP contribution < -0.4 is 10.1 Å². The second-order valence-electron chi connectivity index (χ2n) is 9.02. The van der Waals surface area contributed by atoms with Gasteiger partial charge in [0.2, 0.25) is 5.91 Å². The number of para-hydroxylation sites is 1. The number of carbonyl (C=O) groups excluding carboxylic acids is 2. The standard InChI is InChI=1S/C30H25ClFN5O3/c1-40-24-16-14-23(15-17-24)33-30(39)29(20-10-12-22(31)13-11-20)36(18-21-6-2-3-7-25(21)32)28(38)19-37-27-9-5-4-8-26(27)34-35-37/h2-17,29H,18-19H2,1H3,(H,33,39). The number of halogens is 2. The van der Waals surface area contributed by atoms with Crippen molar-refractivity contribution in [1.29, 1.82) is 0 Å². The molecule has 40 heavy (non-hydrogen) atoms. The van der Waals surface area contributed by atoms with Crippen LogP contribution >= 0.6 is 11.6 Å². The van der Waals surface area contributed by atoms with Crippen LogP contribution in [0.1, 0.15) is 17.2 Å². The van der Waals surface area contributed by atoms with Crippen molar-refractivity contribution in [2.24, 2.45) is 0 Å². The summed E-state index contributed by atoms with van der Waals surface area (Å²) in [6.45, 7) is -0.379. The summed E-state index contributed by atoms with van der Waals surface area (Å²) < 4.78 is 21.5. The molecular formula is C30H25ClFN5O3. The molecule has 0 fully saturated rings. The minimum absolute atomic E-state index is 0.165. The van der Waals surface area contributed by atoms with Crippen LogP contribution in [0.4, 0.5) is 10.1 Å². The molecule has 2 amide bonds. The number of ether oxygens (including phenoxy) is 1. The third-order valence-corrected chi connectivity index (χ3v) is 6.68. The number of fused-ring (bicyclic) bond motifs is 1. The van der Waals surface area contributed by atoms with Gasteiger partial charge in [-0.1, -0.05) is 59.3 Å². The van der Waals surface area contributed by atoms with Crippen molar-refractivity contribution in [2.45, 2.75) is 19.1 Å². The largest absolute Gasteiger partial charge is 0.497 e. The number of hydrogen-bond acceptors (Lipinski definition) is 5. The van der Waals surface area contributed by atoms with Crippen molar-refractivity contribution in [2.75, 3.05) is 12.4 Å². The fourth-order valence-electron chi connectivity index (χ4n) is 4.39. The minimum Gasteiger partial charge on any atom is -0.497 e. The molecule has 0 bridgehead atoms. The van der Waals surface area contributed by atoms with Gasteiger partial charge in [0, 0.05) is 22.8 Å². The Morgan fingerprint density at radius 1 is 0.975 bits per heavy atom. The summed E-state index contributed by atoms with van der Waals surface area (Å²) >= 11 is 6.14. The van der Waals surface area contributed by atoms with Gasteiger partial charge < -0.3 is 15.0 Å². The van der Waals surface area contributed by atoms with Crippen molar-refractivity contribution in [3.05, 3.63) is 119 Å². The Bertz CT molecular complexity index is 1640. The number of carbonyl (C=O) groups is 2. The first-order valence-corrected chi connectivity index (χ1v) is 12.8. The highest BCUT2D eigenvalue weighted by Gasteiger charge is 2.33. The molecule has 0 saturated carbocycles. The number of aromatic nitrogens is 3. The molecule has 0 aliphatic heterocycles. The Labute approximate surface area is 234 Å². The lowest BCUT2D eigenvalue weighted by atomic mass is 10.0. The number of methoxy groups -OCH3 is 1. The maximum Gasteiger partial charge on any atom is 0.251 e. The van der Waals surface area contributed by atoms with Gasteiger partial charge in [-0.2, -0.15) is 0 Å². The van der Waals surface area contributed by atoms with Crippen LogP contribution in [0, 0.1) is 5.82 Å². The number of rotatable bonds is 9. The molecule has 202 valence electrons. The van der Waals surface area contributed by atoms with E-state index in [1.165, 1.54) is 15.6 Å². The van der Waals surface area contributed by atoms with E-state index in [1.807, 2.05) is 12.1 Å². The lowest BCUT2D eigenvalue weighted by Crippen LogP contribution is -2.42. The Kier molecular flexibility index (Phi) is 8.02. The Morgan fingerprint density at radius 2 is 1.68 bits per heavy atom. The molecule has 1 N–H and O–H groups in total. The Balaban J connectivity index is 1.55. The summed E-state index contributed by atoms with van der Waals surface area (Å²) in [6.07, 6.45) is 0. The summed E-state index contributed by atoms with van der Waals surface area (Å²) in [5.74, 6) is -0.801. The third-order valence-electron chi connectivity index (χ3n) is 6.43. The van der Waals surface area contributed by atoms with Gasteiger partial charge in [0.1, 0.15) is 29.7 Å². The van der Waals surface area contributed by atoms with E-state index in [2.05, 4.69) is 15.6 Å². The van der Waals surface area contributed by atoms with E-state index in [0.29, 0.717) is 33.1 Å². The van der Waals surface area contributed by atoms with E-state index >= 15 is 0 Å². The zero-order chi connectivity index (χ0) is 28.1. The molecule has 0 aliphatic carbocycles. The van der Waals surface area contributed by atoms with Crippen molar-refractivity contribution in [1.82, 2.24) is 19.9 Å². The van der Waals surface area contributed by atoms with Gasteiger partial charge in [-0.25, -0.2) is 9.07 Å². The van der Waals surface area contributed by atoms with E-state index in [-0.39, 0.29) is 18.7 Å². The van der Waals surface area contributed by atoms with Crippen LogP contribution in [-0.4, -0.2) is 38.8 Å². The first kappa shape index (κ1) is 26.8. The highest BCUT2D eigenvalue weighted by Crippen LogP contribution is 2.28. The van der Waals surface area contributed by atoms with Crippen LogP contribution in [-0.2, 0) is 22.7 Å². The fourth-order valence-corrected chi connectivity index (χ4v) is 4.52. The normalized spacial score (nSPS) is 11.7. The topological polar surface area (TPSA) is 89.4 Å². The zero-order valence-electron chi connectivity index (χ0n) is 21.5. The SMILES string of the molecule is COc1ccc(NC(=O)C(c2ccc(Cl)cc2)N(Cc2ccccc2F)C(=O)Cn2nnc3ccccc32)cc1. The molecule has 8 nitrogen and oxygen atoms in total. The Hall–Kier alpha value is -4.76. The van der Waals surface area contributed by atoms with Crippen LogP contribution in [0.2, 0.25) is 5.02 Å².